The number of carbonyl (C=O) groups is 1. The van der Waals surface area contributed by atoms with Crippen LogP contribution in [0, 0.1) is 17.2 Å². The number of halogens is 1. The maximum atomic E-state index is 13.2. The standard InChI is InChI=1S/C18H27FN2O/c1-18(2,14-8-6-5-7-9-14)17(22)21(20(3)4)16-12-10-15(19)11-13-16/h10-14H,5-9H2,1-4H3. The van der Waals surface area contributed by atoms with Crippen LogP contribution in [-0.2, 0) is 4.79 Å². The van der Waals surface area contributed by atoms with Crippen LogP contribution in [0.5, 0.6) is 0 Å². The number of carbonyl (C=O) groups excluding carboxylic acids is 1. The monoisotopic (exact) mass is 306 g/mol. The maximum Gasteiger partial charge on any atom is 0.247 e. The number of amides is 1. The number of benzene rings is 1. The van der Waals surface area contributed by atoms with E-state index in [1.165, 1.54) is 31.4 Å². The Hall–Kier alpha value is -1.42. The number of hydrazine groups is 1. The first-order chi connectivity index (χ1) is 10.3. The molecule has 1 aromatic rings. The third kappa shape index (κ3) is 3.49. The fourth-order valence-electron chi connectivity index (χ4n) is 3.38. The third-order valence-electron chi connectivity index (χ3n) is 4.84. The molecule has 0 aromatic heterocycles. The van der Waals surface area contributed by atoms with E-state index in [1.54, 1.807) is 22.2 Å². The zero-order chi connectivity index (χ0) is 16.3. The molecule has 0 saturated heterocycles. The Morgan fingerprint density at radius 3 is 2.14 bits per heavy atom. The van der Waals surface area contributed by atoms with E-state index in [1.807, 2.05) is 27.9 Å². The summed E-state index contributed by atoms with van der Waals surface area (Å²) in [4.78, 5) is 13.2. The van der Waals surface area contributed by atoms with Crippen molar-refractivity contribution in [2.75, 3.05) is 19.1 Å². The van der Waals surface area contributed by atoms with Crippen LogP contribution in [0.1, 0.15) is 46.0 Å². The lowest BCUT2D eigenvalue weighted by Crippen LogP contribution is -2.51. The first-order valence-corrected chi connectivity index (χ1v) is 8.11. The van der Waals surface area contributed by atoms with Crippen molar-refractivity contribution in [3.8, 4) is 0 Å². The summed E-state index contributed by atoms with van der Waals surface area (Å²) in [7, 11) is 3.69. The van der Waals surface area contributed by atoms with E-state index in [0.717, 1.165) is 12.8 Å². The molecule has 1 aliphatic rings. The van der Waals surface area contributed by atoms with Crippen LogP contribution in [-0.4, -0.2) is 25.0 Å². The second-order valence-corrected chi connectivity index (χ2v) is 7.00. The molecule has 0 spiro atoms. The van der Waals surface area contributed by atoms with Gasteiger partial charge < -0.3 is 0 Å². The summed E-state index contributed by atoms with van der Waals surface area (Å²) in [6.45, 7) is 4.09. The molecule has 2 rings (SSSR count). The Balaban J connectivity index is 2.27. The summed E-state index contributed by atoms with van der Waals surface area (Å²) in [5.41, 5.74) is 0.291. The van der Waals surface area contributed by atoms with Crippen LogP contribution in [0.25, 0.3) is 0 Å². The normalized spacial score (nSPS) is 16.8. The van der Waals surface area contributed by atoms with Gasteiger partial charge in [0.15, 0.2) is 0 Å². The first-order valence-electron chi connectivity index (χ1n) is 8.11. The van der Waals surface area contributed by atoms with E-state index >= 15 is 0 Å². The minimum absolute atomic E-state index is 0.0796. The van der Waals surface area contributed by atoms with Gasteiger partial charge in [0.25, 0.3) is 0 Å². The lowest BCUT2D eigenvalue weighted by molar-refractivity contribution is -0.132. The van der Waals surface area contributed by atoms with Gasteiger partial charge in [-0.1, -0.05) is 33.1 Å². The van der Waals surface area contributed by atoms with E-state index in [-0.39, 0.29) is 11.7 Å². The van der Waals surface area contributed by atoms with Crippen LogP contribution in [0.3, 0.4) is 0 Å². The molecule has 3 nitrogen and oxygen atoms in total. The predicted molar refractivity (Wildman–Crippen MR) is 87.9 cm³/mol. The van der Waals surface area contributed by atoms with Crippen molar-refractivity contribution in [3.05, 3.63) is 30.1 Å². The van der Waals surface area contributed by atoms with E-state index in [9.17, 15) is 9.18 Å². The fraction of sp³-hybridized carbons (Fsp3) is 0.611. The predicted octanol–water partition coefficient (Wildman–Crippen LogP) is 4.24. The van der Waals surface area contributed by atoms with Crippen molar-refractivity contribution in [1.29, 1.82) is 0 Å². The molecular formula is C18H27FN2O. The van der Waals surface area contributed by atoms with E-state index in [4.69, 9.17) is 0 Å². The average molecular weight is 306 g/mol. The molecule has 0 atom stereocenters. The molecule has 1 aliphatic carbocycles. The highest BCUT2D eigenvalue weighted by Gasteiger charge is 2.41. The highest BCUT2D eigenvalue weighted by molar-refractivity contribution is 5.96. The smallest absolute Gasteiger partial charge is 0.247 e. The van der Waals surface area contributed by atoms with Gasteiger partial charge in [-0.2, -0.15) is 0 Å². The molecule has 1 saturated carbocycles. The van der Waals surface area contributed by atoms with Crippen molar-refractivity contribution in [2.24, 2.45) is 11.3 Å². The van der Waals surface area contributed by atoms with Gasteiger partial charge in [-0.25, -0.2) is 14.4 Å². The number of anilines is 1. The van der Waals surface area contributed by atoms with E-state index < -0.39 is 5.41 Å². The van der Waals surface area contributed by atoms with Crippen molar-refractivity contribution < 1.29 is 9.18 Å². The van der Waals surface area contributed by atoms with Crippen LogP contribution in [0.2, 0.25) is 0 Å². The summed E-state index contributed by atoms with van der Waals surface area (Å²) < 4.78 is 13.2. The van der Waals surface area contributed by atoms with Gasteiger partial charge in [0, 0.05) is 19.5 Å². The summed E-state index contributed by atoms with van der Waals surface area (Å²) in [6.07, 6.45) is 5.92. The fourth-order valence-corrected chi connectivity index (χ4v) is 3.38. The summed E-state index contributed by atoms with van der Waals surface area (Å²) in [5, 5.41) is 3.44. The maximum absolute atomic E-state index is 13.2. The molecule has 0 radical (unpaired) electrons. The zero-order valence-electron chi connectivity index (χ0n) is 14.1. The van der Waals surface area contributed by atoms with Crippen LogP contribution in [0.4, 0.5) is 10.1 Å². The molecule has 1 aromatic carbocycles. The molecule has 0 heterocycles. The first kappa shape index (κ1) is 16.9. The average Bonchev–Trinajstić information content (AvgIpc) is 2.50. The van der Waals surface area contributed by atoms with Gasteiger partial charge in [0.2, 0.25) is 5.91 Å². The molecule has 122 valence electrons. The number of rotatable bonds is 4. The second kappa shape index (κ2) is 6.78. The summed E-state index contributed by atoms with van der Waals surface area (Å²) in [6, 6.07) is 6.10. The highest BCUT2D eigenvalue weighted by Crippen LogP contribution is 2.40. The molecule has 1 amide bonds. The summed E-state index contributed by atoms with van der Waals surface area (Å²) >= 11 is 0. The zero-order valence-corrected chi connectivity index (χ0v) is 14.1. The van der Waals surface area contributed by atoms with Gasteiger partial charge in [0.1, 0.15) is 5.82 Å². The minimum atomic E-state index is -0.418. The van der Waals surface area contributed by atoms with Crippen molar-refractivity contribution in [2.45, 2.75) is 46.0 Å². The quantitative estimate of drug-likeness (QED) is 0.777. The minimum Gasteiger partial charge on any atom is -0.272 e. The second-order valence-electron chi connectivity index (χ2n) is 7.00. The van der Waals surface area contributed by atoms with E-state index in [0.29, 0.717) is 11.6 Å². The lowest BCUT2D eigenvalue weighted by Gasteiger charge is -2.41. The van der Waals surface area contributed by atoms with Crippen LogP contribution in [0.15, 0.2) is 24.3 Å². The van der Waals surface area contributed by atoms with Crippen molar-refractivity contribution >= 4 is 11.6 Å². The highest BCUT2D eigenvalue weighted by atomic mass is 19.1. The third-order valence-corrected chi connectivity index (χ3v) is 4.84. The van der Waals surface area contributed by atoms with Crippen LogP contribution >= 0.6 is 0 Å². The SMILES string of the molecule is CN(C)N(C(=O)C(C)(C)C1CCCCC1)c1ccc(F)cc1. The molecule has 4 heteroatoms. The van der Waals surface area contributed by atoms with Crippen molar-refractivity contribution in [1.82, 2.24) is 5.01 Å². The van der Waals surface area contributed by atoms with Gasteiger partial charge in [-0.15, -0.1) is 0 Å². The van der Waals surface area contributed by atoms with Gasteiger partial charge in [0.05, 0.1) is 5.69 Å². The van der Waals surface area contributed by atoms with Gasteiger partial charge in [-0.3, -0.25) is 4.79 Å². The Labute approximate surface area is 133 Å². The lowest BCUT2D eigenvalue weighted by atomic mass is 9.70. The molecule has 22 heavy (non-hydrogen) atoms. The largest absolute Gasteiger partial charge is 0.272 e. The molecule has 1 fully saturated rings. The molecular weight excluding hydrogens is 279 g/mol. The number of nitrogens with zero attached hydrogens (tertiary/aromatic N) is 2. The Bertz CT molecular complexity index is 504. The van der Waals surface area contributed by atoms with Crippen molar-refractivity contribution in [3.63, 3.8) is 0 Å². The molecule has 0 aliphatic heterocycles. The molecule has 0 bridgehead atoms. The van der Waals surface area contributed by atoms with Gasteiger partial charge in [-0.05, 0) is 43.0 Å². The Morgan fingerprint density at radius 2 is 1.64 bits per heavy atom. The molecule has 0 N–H and O–H groups in total. The Morgan fingerprint density at radius 1 is 1.09 bits per heavy atom. The number of hydrogen-bond donors (Lipinski definition) is 0. The number of hydrogen-bond acceptors (Lipinski definition) is 2. The topological polar surface area (TPSA) is 23.6 Å². The summed E-state index contributed by atoms with van der Waals surface area (Å²) in [5.74, 6) is 0.203. The molecule has 0 unspecified atom stereocenters. The van der Waals surface area contributed by atoms with Crippen LogP contribution < -0.4 is 5.01 Å². The van der Waals surface area contributed by atoms with Gasteiger partial charge >= 0.3 is 0 Å². The van der Waals surface area contributed by atoms with E-state index in [2.05, 4.69) is 0 Å². The Kier molecular flexibility index (Phi) is 5.22.